The summed E-state index contributed by atoms with van der Waals surface area (Å²) in [5, 5.41) is 10.4. The van der Waals surface area contributed by atoms with E-state index in [1.165, 1.54) is 11.8 Å². The third kappa shape index (κ3) is 3.92. The van der Waals surface area contributed by atoms with E-state index in [4.69, 9.17) is 16.7 Å². The summed E-state index contributed by atoms with van der Waals surface area (Å²) in [6.07, 6.45) is 0. The first-order chi connectivity index (χ1) is 7.32. The van der Waals surface area contributed by atoms with E-state index in [-0.39, 0.29) is 17.3 Å². The Balaban J connectivity index is 2.99. The largest absolute Gasteiger partial charge is 0.395 e. The molecular weight excluding hydrogens is 244 g/mol. The standard InChI is InChI=1S/C11H17ClN2OS/c1-7(6-15)16-9-5-8(12)13-10(14-9)11(2,3)4/h5,7,15H,6H2,1-4H3. The fraction of sp³-hybridized carbons (Fsp3) is 0.636. The second-order valence-electron chi connectivity index (χ2n) is 4.71. The Morgan fingerprint density at radius 2 is 2.06 bits per heavy atom. The molecule has 90 valence electrons. The van der Waals surface area contributed by atoms with Crippen molar-refractivity contribution in [2.45, 2.75) is 43.4 Å². The number of aromatic nitrogens is 2. The Labute approximate surface area is 106 Å². The SMILES string of the molecule is CC(CO)Sc1cc(Cl)nc(C(C)(C)C)n1. The van der Waals surface area contributed by atoms with Gasteiger partial charge in [-0.25, -0.2) is 9.97 Å². The number of thioether (sulfide) groups is 1. The summed E-state index contributed by atoms with van der Waals surface area (Å²) in [4.78, 5) is 8.67. The molecule has 0 fully saturated rings. The normalized spacial score (nSPS) is 13.9. The molecule has 0 saturated heterocycles. The van der Waals surface area contributed by atoms with Crippen LogP contribution in [0.15, 0.2) is 11.1 Å². The molecule has 1 aromatic heterocycles. The van der Waals surface area contributed by atoms with Gasteiger partial charge in [-0.1, -0.05) is 39.3 Å². The first kappa shape index (κ1) is 13.7. The molecule has 1 unspecified atom stereocenters. The zero-order chi connectivity index (χ0) is 12.3. The summed E-state index contributed by atoms with van der Waals surface area (Å²) in [5.74, 6) is 0.729. The van der Waals surface area contributed by atoms with E-state index in [1.807, 2.05) is 27.7 Å². The predicted octanol–water partition coefficient (Wildman–Crippen LogP) is 2.90. The molecule has 0 radical (unpaired) electrons. The lowest BCUT2D eigenvalue weighted by atomic mass is 9.96. The predicted molar refractivity (Wildman–Crippen MR) is 68.1 cm³/mol. The first-order valence-corrected chi connectivity index (χ1v) is 6.41. The van der Waals surface area contributed by atoms with E-state index in [9.17, 15) is 0 Å². The Morgan fingerprint density at radius 3 is 2.56 bits per heavy atom. The molecule has 3 nitrogen and oxygen atoms in total. The number of aliphatic hydroxyl groups is 1. The van der Waals surface area contributed by atoms with Crippen LogP contribution in [0, 0.1) is 0 Å². The van der Waals surface area contributed by atoms with Gasteiger partial charge in [-0.2, -0.15) is 0 Å². The van der Waals surface area contributed by atoms with E-state index in [1.54, 1.807) is 6.07 Å². The summed E-state index contributed by atoms with van der Waals surface area (Å²) in [7, 11) is 0. The Bertz CT molecular complexity index is 365. The van der Waals surface area contributed by atoms with Crippen LogP contribution in [-0.2, 0) is 5.41 Å². The number of aliphatic hydroxyl groups excluding tert-OH is 1. The van der Waals surface area contributed by atoms with E-state index in [0.29, 0.717) is 5.15 Å². The van der Waals surface area contributed by atoms with Gasteiger partial charge in [0.1, 0.15) is 16.0 Å². The summed E-state index contributed by atoms with van der Waals surface area (Å²) >= 11 is 7.46. The van der Waals surface area contributed by atoms with Gasteiger partial charge in [-0.15, -0.1) is 11.8 Å². The van der Waals surface area contributed by atoms with Gasteiger partial charge >= 0.3 is 0 Å². The van der Waals surface area contributed by atoms with E-state index in [0.717, 1.165) is 10.9 Å². The van der Waals surface area contributed by atoms with Gasteiger partial charge in [0, 0.05) is 16.7 Å². The van der Waals surface area contributed by atoms with Gasteiger partial charge < -0.3 is 5.11 Å². The van der Waals surface area contributed by atoms with Gasteiger partial charge in [0.2, 0.25) is 0 Å². The molecule has 0 bridgehead atoms. The minimum atomic E-state index is -0.122. The minimum Gasteiger partial charge on any atom is -0.395 e. The lowest BCUT2D eigenvalue weighted by Crippen LogP contribution is -2.16. The van der Waals surface area contributed by atoms with Crippen molar-refractivity contribution in [3.63, 3.8) is 0 Å². The maximum atomic E-state index is 9.00. The lowest BCUT2D eigenvalue weighted by Gasteiger charge is -2.17. The molecule has 0 amide bonds. The quantitative estimate of drug-likeness (QED) is 0.671. The Morgan fingerprint density at radius 1 is 1.44 bits per heavy atom. The number of halogens is 1. The number of hydrogen-bond donors (Lipinski definition) is 1. The molecular formula is C11H17ClN2OS. The second kappa shape index (κ2) is 5.34. The maximum Gasteiger partial charge on any atom is 0.136 e. The van der Waals surface area contributed by atoms with Crippen molar-refractivity contribution in [3.05, 3.63) is 17.0 Å². The highest BCUT2D eigenvalue weighted by atomic mass is 35.5. The van der Waals surface area contributed by atoms with Crippen LogP contribution in [0.25, 0.3) is 0 Å². The van der Waals surface area contributed by atoms with Crippen molar-refractivity contribution in [2.24, 2.45) is 0 Å². The van der Waals surface area contributed by atoms with E-state index >= 15 is 0 Å². The van der Waals surface area contributed by atoms with Crippen molar-refractivity contribution >= 4 is 23.4 Å². The molecule has 0 saturated carbocycles. The third-order valence-electron chi connectivity index (χ3n) is 1.92. The van der Waals surface area contributed by atoms with Crippen LogP contribution < -0.4 is 0 Å². The fourth-order valence-corrected chi connectivity index (χ4v) is 2.09. The molecule has 1 heterocycles. The highest BCUT2D eigenvalue weighted by Gasteiger charge is 2.19. The van der Waals surface area contributed by atoms with Crippen molar-refractivity contribution < 1.29 is 5.11 Å². The number of hydrogen-bond acceptors (Lipinski definition) is 4. The molecule has 1 N–H and O–H groups in total. The van der Waals surface area contributed by atoms with E-state index < -0.39 is 0 Å². The highest BCUT2D eigenvalue weighted by molar-refractivity contribution is 7.99. The van der Waals surface area contributed by atoms with Crippen LogP contribution in [0.5, 0.6) is 0 Å². The highest BCUT2D eigenvalue weighted by Crippen LogP contribution is 2.26. The second-order valence-corrected chi connectivity index (χ2v) is 6.56. The summed E-state index contributed by atoms with van der Waals surface area (Å²) in [5.41, 5.74) is -0.122. The molecule has 0 aliphatic heterocycles. The van der Waals surface area contributed by atoms with Gasteiger partial charge in [0.25, 0.3) is 0 Å². The zero-order valence-corrected chi connectivity index (χ0v) is 11.6. The monoisotopic (exact) mass is 260 g/mol. The number of nitrogens with zero attached hydrogens (tertiary/aromatic N) is 2. The van der Waals surface area contributed by atoms with Crippen LogP contribution in [-0.4, -0.2) is 26.9 Å². The van der Waals surface area contributed by atoms with Crippen molar-refractivity contribution in [3.8, 4) is 0 Å². The molecule has 0 aromatic carbocycles. The average molecular weight is 261 g/mol. The maximum absolute atomic E-state index is 9.00. The lowest BCUT2D eigenvalue weighted by molar-refractivity contribution is 0.300. The Hall–Kier alpha value is -0.320. The van der Waals surface area contributed by atoms with Crippen LogP contribution in [0.2, 0.25) is 5.15 Å². The average Bonchev–Trinajstić information content (AvgIpc) is 2.15. The minimum absolute atomic E-state index is 0.110. The topological polar surface area (TPSA) is 46.0 Å². The zero-order valence-electron chi connectivity index (χ0n) is 9.99. The molecule has 5 heteroatoms. The fourth-order valence-electron chi connectivity index (χ4n) is 1.04. The molecule has 1 atom stereocenters. The van der Waals surface area contributed by atoms with Gasteiger partial charge in [0.15, 0.2) is 0 Å². The van der Waals surface area contributed by atoms with Crippen LogP contribution in [0.3, 0.4) is 0 Å². The molecule has 1 rings (SSSR count). The van der Waals surface area contributed by atoms with Gasteiger partial charge in [-0.3, -0.25) is 0 Å². The molecule has 1 aromatic rings. The summed E-state index contributed by atoms with van der Waals surface area (Å²) < 4.78 is 0. The molecule has 0 spiro atoms. The van der Waals surface area contributed by atoms with Gasteiger partial charge in [0.05, 0.1) is 6.61 Å². The van der Waals surface area contributed by atoms with Crippen LogP contribution in [0.1, 0.15) is 33.5 Å². The van der Waals surface area contributed by atoms with E-state index in [2.05, 4.69) is 9.97 Å². The summed E-state index contributed by atoms with van der Waals surface area (Å²) in [6.45, 7) is 8.20. The molecule has 0 aliphatic rings. The van der Waals surface area contributed by atoms with Gasteiger partial charge in [-0.05, 0) is 0 Å². The third-order valence-corrected chi connectivity index (χ3v) is 3.12. The molecule has 16 heavy (non-hydrogen) atoms. The summed E-state index contributed by atoms with van der Waals surface area (Å²) in [6, 6.07) is 1.73. The first-order valence-electron chi connectivity index (χ1n) is 5.15. The Kier molecular flexibility index (Phi) is 4.59. The number of rotatable bonds is 3. The smallest absolute Gasteiger partial charge is 0.136 e. The van der Waals surface area contributed by atoms with Crippen molar-refractivity contribution in [1.82, 2.24) is 9.97 Å². The van der Waals surface area contributed by atoms with Crippen LogP contribution >= 0.6 is 23.4 Å². The van der Waals surface area contributed by atoms with Crippen LogP contribution in [0.4, 0.5) is 0 Å². The molecule has 0 aliphatic carbocycles. The van der Waals surface area contributed by atoms with Crippen molar-refractivity contribution in [1.29, 1.82) is 0 Å². The van der Waals surface area contributed by atoms with Crippen molar-refractivity contribution in [2.75, 3.05) is 6.61 Å².